The zero-order valence-electron chi connectivity index (χ0n) is 19.6. The Labute approximate surface area is 201 Å². The summed E-state index contributed by atoms with van der Waals surface area (Å²) in [4.78, 5) is 28.7. The lowest BCUT2D eigenvalue weighted by Gasteiger charge is -2.32. The third-order valence-electron chi connectivity index (χ3n) is 7.45. The number of amides is 2. The quantitative estimate of drug-likeness (QED) is 0.617. The lowest BCUT2D eigenvalue weighted by Crippen LogP contribution is -2.39. The highest BCUT2D eigenvalue weighted by Gasteiger charge is 2.40. The predicted molar refractivity (Wildman–Crippen MR) is 121 cm³/mol. The van der Waals surface area contributed by atoms with Crippen LogP contribution < -0.4 is 0 Å². The molecule has 0 spiro atoms. The number of carbonyl (C=O) groups excluding carboxylic acids is 2. The van der Waals surface area contributed by atoms with Crippen LogP contribution in [0.2, 0.25) is 0 Å². The van der Waals surface area contributed by atoms with E-state index in [9.17, 15) is 22.8 Å². The van der Waals surface area contributed by atoms with Crippen LogP contribution in [0.15, 0.2) is 30.5 Å². The van der Waals surface area contributed by atoms with Crippen molar-refractivity contribution in [3.05, 3.63) is 52.8 Å². The summed E-state index contributed by atoms with van der Waals surface area (Å²) in [7, 11) is 1.37. The third-order valence-corrected chi connectivity index (χ3v) is 7.45. The summed E-state index contributed by atoms with van der Waals surface area (Å²) in [5, 5.41) is 4.59. The van der Waals surface area contributed by atoms with Gasteiger partial charge in [-0.15, -0.1) is 0 Å². The highest BCUT2D eigenvalue weighted by atomic mass is 19.4. The van der Waals surface area contributed by atoms with E-state index in [0.717, 1.165) is 37.4 Å². The molecule has 10 heteroatoms. The summed E-state index contributed by atoms with van der Waals surface area (Å²) in [5.74, 6) is -0.226. The summed E-state index contributed by atoms with van der Waals surface area (Å²) in [6.07, 6.45) is 0.810. The number of methoxy groups -OCH3 is 1. The van der Waals surface area contributed by atoms with Crippen LogP contribution in [-0.2, 0) is 10.9 Å². The van der Waals surface area contributed by atoms with E-state index >= 15 is 0 Å². The van der Waals surface area contributed by atoms with Crippen LogP contribution in [0, 0.1) is 0 Å². The fourth-order valence-corrected chi connectivity index (χ4v) is 5.49. The fraction of sp³-hybridized carbons (Fsp3) is 0.560. The second-order valence-corrected chi connectivity index (χ2v) is 9.67. The van der Waals surface area contributed by atoms with Gasteiger partial charge in [0.2, 0.25) is 0 Å². The molecule has 2 amide bonds. The fourth-order valence-electron chi connectivity index (χ4n) is 5.49. The number of hydrogen-bond donors (Lipinski definition) is 0. The van der Waals surface area contributed by atoms with Crippen molar-refractivity contribution in [1.82, 2.24) is 19.6 Å². The van der Waals surface area contributed by atoms with E-state index in [0.29, 0.717) is 31.6 Å². The Kier molecular flexibility index (Phi) is 6.23. The molecule has 1 saturated carbocycles. The topological polar surface area (TPSA) is 67.7 Å². The van der Waals surface area contributed by atoms with Gasteiger partial charge in [0.15, 0.2) is 0 Å². The van der Waals surface area contributed by atoms with E-state index in [2.05, 4.69) is 5.10 Å². The molecule has 2 saturated heterocycles. The predicted octanol–water partition coefficient (Wildman–Crippen LogP) is 4.81. The van der Waals surface area contributed by atoms with Gasteiger partial charge in [-0.3, -0.25) is 9.48 Å². The maximum atomic E-state index is 13.5. The molecule has 0 bridgehead atoms. The van der Waals surface area contributed by atoms with E-state index in [4.69, 9.17) is 4.74 Å². The number of carbonyl (C=O) groups is 2. The van der Waals surface area contributed by atoms with Gasteiger partial charge in [0.1, 0.15) is 0 Å². The van der Waals surface area contributed by atoms with Crippen LogP contribution in [0.4, 0.5) is 18.0 Å². The lowest BCUT2D eigenvalue weighted by atomic mass is 9.93. The molecule has 1 aliphatic carbocycles. The molecule has 2 aromatic rings. The lowest BCUT2D eigenvalue weighted by molar-refractivity contribution is -0.138. The number of piperidine rings is 1. The Morgan fingerprint density at radius 3 is 2.31 bits per heavy atom. The smallest absolute Gasteiger partial charge is 0.416 e. The number of hydrogen-bond acceptors (Lipinski definition) is 4. The Morgan fingerprint density at radius 2 is 1.66 bits per heavy atom. The average molecular weight is 491 g/mol. The van der Waals surface area contributed by atoms with Gasteiger partial charge in [0.25, 0.3) is 5.91 Å². The molecule has 5 rings (SSSR count). The molecule has 3 aliphatic rings. The van der Waals surface area contributed by atoms with Crippen molar-refractivity contribution in [2.24, 2.45) is 0 Å². The zero-order valence-corrected chi connectivity index (χ0v) is 19.6. The minimum Gasteiger partial charge on any atom is -0.453 e. The van der Waals surface area contributed by atoms with Gasteiger partial charge in [-0.25, -0.2) is 4.79 Å². The third kappa shape index (κ3) is 4.62. The van der Waals surface area contributed by atoms with Gasteiger partial charge in [-0.05, 0) is 43.7 Å². The molecule has 2 aliphatic heterocycles. The van der Waals surface area contributed by atoms with Gasteiger partial charge in [0.05, 0.1) is 36.2 Å². The molecule has 1 aromatic carbocycles. The van der Waals surface area contributed by atoms with Crippen molar-refractivity contribution >= 4 is 12.0 Å². The molecular formula is C25H29F3N4O3. The highest BCUT2D eigenvalue weighted by molar-refractivity contribution is 5.95. The van der Waals surface area contributed by atoms with Gasteiger partial charge >= 0.3 is 12.3 Å². The van der Waals surface area contributed by atoms with E-state index in [1.807, 2.05) is 4.68 Å². The first-order chi connectivity index (χ1) is 16.8. The zero-order chi connectivity index (χ0) is 24.7. The second kappa shape index (κ2) is 9.20. The number of likely N-dealkylation sites (tertiary alicyclic amines) is 2. The number of ether oxygens (including phenoxy) is 1. The number of aromatic nitrogens is 2. The van der Waals surface area contributed by atoms with E-state index in [1.165, 1.54) is 19.2 Å². The van der Waals surface area contributed by atoms with Crippen molar-refractivity contribution in [2.45, 2.75) is 56.2 Å². The number of halogens is 3. The van der Waals surface area contributed by atoms with Crippen LogP contribution in [0.25, 0.3) is 0 Å². The molecule has 0 unspecified atom stereocenters. The number of benzene rings is 1. The van der Waals surface area contributed by atoms with Gasteiger partial charge in [0, 0.05) is 38.0 Å². The summed E-state index contributed by atoms with van der Waals surface area (Å²) < 4.78 is 47.3. The maximum Gasteiger partial charge on any atom is 0.416 e. The largest absolute Gasteiger partial charge is 0.453 e. The molecule has 35 heavy (non-hydrogen) atoms. The summed E-state index contributed by atoms with van der Waals surface area (Å²) in [6, 6.07) is 5.75. The van der Waals surface area contributed by atoms with Crippen LogP contribution >= 0.6 is 0 Å². The van der Waals surface area contributed by atoms with Crippen LogP contribution in [0.3, 0.4) is 0 Å². The summed E-state index contributed by atoms with van der Waals surface area (Å²) in [5.41, 5.74) is 1.13. The van der Waals surface area contributed by atoms with Crippen molar-refractivity contribution in [3.8, 4) is 0 Å². The maximum absolute atomic E-state index is 13.5. The van der Waals surface area contributed by atoms with Crippen LogP contribution in [-0.4, -0.2) is 64.9 Å². The first-order valence-corrected chi connectivity index (χ1v) is 12.1. The van der Waals surface area contributed by atoms with Crippen molar-refractivity contribution < 1.29 is 27.5 Å². The minimum atomic E-state index is -4.42. The monoisotopic (exact) mass is 490 g/mol. The molecule has 1 atom stereocenters. The van der Waals surface area contributed by atoms with Gasteiger partial charge in [-0.1, -0.05) is 18.2 Å². The van der Waals surface area contributed by atoms with Crippen LogP contribution in [0.5, 0.6) is 0 Å². The Hall–Kier alpha value is -3.04. The second-order valence-electron chi connectivity index (χ2n) is 9.67. The van der Waals surface area contributed by atoms with E-state index in [1.54, 1.807) is 22.1 Å². The normalized spacial score (nSPS) is 21.4. The highest BCUT2D eigenvalue weighted by Crippen LogP contribution is 2.44. The Balaban J connectivity index is 1.33. The van der Waals surface area contributed by atoms with E-state index < -0.39 is 11.7 Å². The number of rotatable bonds is 4. The molecule has 188 valence electrons. The van der Waals surface area contributed by atoms with Crippen LogP contribution in [0.1, 0.15) is 77.2 Å². The molecule has 3 fully saturated rings. The molecular weight excluding hydrogens is 461 g/mol. The van der Waals surface area contributed by atoms with Crippen molar-refractivity contribution in [3.63, 3.8) is 0 Å². The molecule has 3 heterocycles. The minimum absolute atomic E-state index is 0.0954. The van der Waals surface area contributed by atoms with E-state index in [-0.39, 0.29) is 42.0 Å². The number of nitrogens with zero attached hydrogens (tertiary/aromatic N) is 4. The Bertz CT molecular complexity index is 1100. The molecule has 0 radical (unpaired) electrons. The van der Waals surface area contributed by atoms with Crippen molar-refractivity contribution in [1.29, 1.82) is 0 Å². The van der Waals surface area contributed by atoms with Crippen molar-refractivity contribution in [2.75, 3.05) is 33.3 Å². The first-order valence-electron chi connectivity index (χ1n) is 12.1. The number of alkyl halides is 3. The molecule has 0 N–H and O–H groups in total. The standard InChI is InChI=1S/C25H29F3N4O3/c1-35-24(34)30-12-9-18(10-13-30)32-22(16-6-7-16)20(14-29-32)23(33)31-11-8-17(15-31)19-4-2-3-5-21(19)25(26,27)28/h2-5,14,16-18H,6-13,15H2,1H3/t17-/m1/s1. The average Bonchev–Trinajstić information content (AvgIpc) is 3.40. The van der Waals surface area contributed by atoms with Gasteiger partial charge < -0.3 is 14.5 Å². The van der Waals surface area contributed by atoms with Gasteiger partial charge in [-0.2, -0.15) is 18.3 Å². The Morgan fingerprint density at radius 1 is 0.971 bits per heavy atom. The summed E-state index contributed by atoms with van der Waals surface area (Å²) in [6.45, 7) is 1.81. The summed E-state index contributed by atoms with van der Waals surface area (Å²) >= 11 is 0. The molecule has 1 aromatic heterocycles. The first kappa shape index (κ1) is 23.7. The SMILES string of the molecule is COC(=O)N1CCC(n2ncc(C(=O)N3CC[C@@H](c4ccccc4C(F)(F)F)C3)c2C2CC2)CC1. The molecule has 7 nitrogen and oxygen atoms in total.